The summed E-state index contributed by atoms with van der Waals surface area (Å²) in [5, 5.41) is 0. The number of aromatic nitrogens is 4. The number of benzene rings is 1. The maximum Gasteiger partial charge on any atom is 0.165 e. The van der Waals surface area contributed by atoms with E-state index in [2.05, 4.69) is 64.7 Å². The predicted molar refractivity (Wildman–Crippen MR) is 147 cm³/mol. The molecule has 1 atom stereocenters. The molecule has 1 unspecified atom stereocenters. The first-order valence-electron chi connectivity index (χ1n) is 13.2. The van der Waals surface area contributed by atoms with Gasteiger partial charge in [-0.1, -0.05) is 32.4 Å². The molecule has 7 heteroatoms. The second kappa shape index (κ2) is 10.8. The van der Waals surface area contributed by atoms with E-state index < -0.39 is 0 Å². The fourth-order valence-electron chi connectivity index (χ4n) is 5.26. The number of nitrogen functional groups attached to an aromatic ring is 1. The SMILES string of the molecule is CCCC(CC)c1ccc2nc(-c3cccnc3N)n(-c3ccc(CN4CCC(N)CC4)cc3)c2n1. The Morgan fingerprint density at radius 3 is 2.47 bits per heavy atom. The van der Waals surface area contributed by atoms with Gasteiger partial charge in [-0.05, 0) is 80.7 Å². The van der Waals surface area contributed by atoms with Crippen LogP contribution in [0.15, 0.2) is 54.7 Å². The molecule has 5 rings (SSSR count). The van der Waals surface area contributed by atoms with Crippen LogP contribution in [0, 0.1) is 0 Å². The van der Waals surface area contributed by atoms with Crippen molar-refractivity contribution in [2.45, 2.75) is 64.5 Å². The number of anilines is 1. The Morgan fingerprint density at radius 2 is 1.78 bits per heavy atom. The molecule has 188 valence electrons. The number of likely N-dealkylation sites (tertiary alicyclic amines) is 1. The quantitative estimate of drug-likeness (QED) is 0.354. The molecule has 1 aliphatic rings. The first kappa shape index (κ1) is 24.4. The van der Waals surface area contributed by atoms with Gasteiger partial charge in [-0.3, -0.25) is 9.47 Å². The molecule has 0 bridgehead atoms. The summed E-state index contributed by atoms with van der Waals surface area (Å²) < 4.78 is 2.13. The summed E-state index contributed by atoms with van der Waals surface area (Å²) >= 11 is 0. The first-order chi connectivity index (χ1) is 17.6. The van der Waals surface area contributed by atoms with E-state index in [-0.39, 0.29) is 0 Å². The number of hydrogen-bond acceptors (Lipinski definition) is 6. The molecule has 36 heavy (non-hydrogen) atoms. The molecule has 4 N–H and O–H groups in total. The van der Waals surface area contributed by atoms with Crippen molar-refractivity contribution in [3.63, 3.8) is 0 Å². The van der Waals surface area contributed by atoms with Crippen molar-refractivity contribution in [2.75, 3.05) is 18.8 Å². The van der Waals surface area contributed by atoms with E-state index in [9.17, 15) is 0 Å². The van der Waals surface area contributed by atoms with Gasteiger partial charge in [-0.15, -0.1) is 0 Å². The van der Waals surface area contributed by atoms with Crippen LogP contribution in [0.1, 0.15) is 63.1 Å². The van der Waals surface area contributed by atoms with Crippen molar-refractivity contribution >= 4 is 17.0 Å². The Morgan fingerprint density at radius 1 is 1.00 bits per heavy atom. The average molecular weight is 484 g/mol. The van der Waals surface area contributed by atoms with Crippen LogP contribution in [0.4, 0.5) is 5.82 Å². The molecule has 3 aromatic heterocycles. The summed E-state index contributed by atoms with van der Waals surface area (Å²) in [5.41, 5.74) is 18.4. The third-order valence-electron chi connectivity index (χ3n) is 7.39. The van der Waals surface area contributed by atoms with Crippen LogP contribution in [0.5, 0.6) is 0 Å². The van der Waals surface area contributed by atoms with Crippen molar-refractivity contribution in [2.24, 2.45) is 5.73 Å². The number of imidazole rings is 1. The average Bonchev–Trinajstić information content (AvgIpc) is 3.28. The van der Waals surface area contributed by atoms with Gasteiger partial charge in [0.05, 0.1) is 5.56 Å². The second-order valence-electron chi connectivity index (χ2n) is 9.96. The van der Waals surface area contributed by atoms with E-state index in [0.717, 1.165) is 85.7 Å². The zero-order valence-electron chi connectivity index (χ0n) is 21.4. The minimum atomic E-state index is 0.346. The maximum absolute atomic E-state index is 6.30. The molecule has 1 saturated heterocycles. The maximum atomic E-state index is 6.30. The van der Waals surface area contributed by atoms with E-state index in [1.54, 1.807) is 6.20 Å². The largest absolute Gasteiger partial charge is 0.383 e. The lowest BCUT2D eigenvalue weighted by molar-refractivity contribution is 0.205. The highest BCUT2D eigenvalue weighted by atomic mass is 15.1. The van der Waals surface area contributed by atoms with E-state index in [0.29, 0.717) is 17.8 Å². The van der Waals surface area contributed by atoms with Crippen LogP contribution in [0.2, 0.25) is 0 Å². The predicted octanol–water partition coefficient (Wildman–Crippen LogP) is 5.28. The van der Waals surface area contributed by atoms with Crippen LogP contribution >= 0.6 is 0 Å². The fourth-order valence-corrected chi connectivity index (χ4v) is 5.26. The normalized spacial score (nSPS) is 16.0. The Bertz CT molecular complexity index is 1300. The van der Waals surface area contributed by atoms with Crippen molar-refractivity contribution < 1.29 is 0 Å². The van der Waals surface area contributed by atoms with Crippen molar-refractivity contribution in [1.29, 1.82) is 0 Å². The smallest absolute Gasteiger partial charge is 0.165 e. The fraction of sp³-hybridized carbons (Fsp3) is 0.414. The second-order valence-corrected chi connectivity index (χ2v) is 9.96. The number of fused-ring (bicyclic) bond motifs is 1. The van der Waals surface area contributed by atoms with Gasteiger partial charge in [0.15, 0.2) is 11.5 Å². The number of pyridine rings is 2. The number of nitrogens with two attached hydrogens (primary N) is 2. The molecular formula is C29H37N7. The molecule has 0 spiro atoms. The van der Waals surface area contributed by atoms with E-state index in [1.165, 1.54) is 5.56 Å². The van der Waals surface area contributed by atoms with Crippen LogP contribution < -0.4 is 11.5 Å². The van der Waals surface area contributed by atoms with Crippen LogP contribution in [0.25, 0.3) is 28.2 Å². The minimum Gasteiger partial charge on any atom is -0.383 e. The number of piperidine rings is 1. The Balaban J connectivity index is 1.56. The van der Waals surface area contributed by atoms with E-state index in [4.69, 9.17) is 21.4 Å². The molecule has 1 aliphatic heterocycles. The van der Waals surface area contributed by atoms with Gasteiger partial charge in [0.2, 0.25) is 0 Å². The third kappa shape index (κ3) is 4.99. The van der Waals surface area contributed by atoms with Gasteiger partial charge < -0.3 is 11.5 Å². The van der Waals surface area contributed by atoms with Gasteiger partial charge in [-0.2, -0.15) is 0 Å². The lowest BCUT2D eigenvalue weighted by Gasteiger charge is -2.30. The number of hydrogen-bond donors (Lipinski definition) is 2. The van der Waals surface area contributed by atoms with Crippen molar-refractivity contribution in [1.82, 2.24) is 24.4 Å². The standard InChI is InChI=1S/C29H37N7/c1-3-6-21(4-2)25-12-13-26-29(33-25)36(28(34-26)24-7-5-16-32-27(24)31)23-10-8-20(9-11-23)19-35-17-14-22(30)15-18-35/h5,7-13,16,21-22H,3-4,6,14-15,17-19,30H2,1-2H3,(H2,31,32). The molecule has 0 aliphatic carbocycles. The molecule has 1 aromatic carbocycles. The molecular weight excluding hydrogens is 446 g/mol. The molecule has 7 nitrogen and oxygen atoms in total. The molecule has 1 fully saturated rings. The molecule has 4 aromatic rings. The number of nitrogens with zero attached hydrogens (tertiary/aromatic N) is 5. The summed E-state index contributed by atoms with van der Waals surface area (Å²) in [4.78, 5) is 16.9. The van der Waals surface area contributed by atoms with Crippen LogP contribution in [0.3, 0.4) is 0 Å². The third-order valence-corrected chi connectivity index (χ3v) is 7.39. The lowest BCUT2D eigenvalue weighted by Crippen LogP contribution is -2.39. The minimum absolute atomic E-state index is 0.346. The van der Waals surface area contributed by atoms with Crippen LogP contribution in [-0.2, 0) is 6.54 Å². The number of rotatable bonds is 8. The Kier molecular flexibility index (Phi) is 7.30. The highest BCUT2D eigenvalue weighted by Gasteiger charge is 2.20. The highest BCUT2D eigenvalue weighted by molar-refractivity contribution is 5.82. The summed E-state index contributed by atoms with van der Waals surface area (Å²) in [6.07, 6.45) is 7.18. The molecule has 0 radical (unpaired) electrons. The summed E-state index contributed by atoms with van der Waals surface area (Å²) in [7, 11) is 0. The topological polar surface area (TPSA) is 98.9 Å². The Labute approximate surface area is 213 Å². The molecule has 0 amide bonds. The zero-order valence-corrected chi connectivity index (χ0v) is 21.4. The molecule has 0 saturated carbocycles. The lowest BCUT2D eigenvalue weighted by atomic mass is 9.96. The summed E-state index contributed by atoms with van der Waals surface area (Å²) in [6, 6.07) is 17.2. The first-order valence-corrected chi connectivity index (χ1v) is 13.2. The monoisotopic (exact) mass is 483 g/mol. The van der Waals surface area contributed by atoms with Gasteiger partial charge in [0, 0.05) is 36.1 Å². The molecule has 4 heterocycles. The van der Waals surface area contributed by atoms with Gasteiger partial charge in [-0.25, -0.2) is 15.0 Å². The van der Waals surface area contributed by atoms with E-state index in [1.807, 2.05) is 12.1 Å². The highest BCUT2D eigenvalue weighted by Crippen LogP contribution is 2.32. The van der Waals surface area contributed by atoms with Crippen molar-refractivity contribution in [3.05, 3.63) is 66.0 Å². The van der Waals surface area contributed by atoms with Gasteiger partial charge in [0.25, 0.3) is 0 Å². The Hall–Kier alpha value is -3.29. The van der Waals surface area contributed by atoms with E-state index >= 15 is 0 Å². The van der Waals surface area contributed by atoms with Gasteiger partial charge >= 0.3 is 0 Å². The van der Waals surface area contributed by atoms with Crippen molar-refractivity contribution in [3.8, 4) is 17.1 Å². The van der Waals surface area contributed by atoms with Gasteiger partial charge in [0.1, 0.15) is 11.3 Å². The zero-order chi connectivity index (χ0) is 25.1. The summed E-state index contributed by atoms with van der Waals surface area (Å²) in [5.74, 6) is 1.67. The van der Waals surface area contributed by atoms with Crippen LogP contribution in [-0.4, -0.2) is 43.6 Å². The summed E-state index contributed by atoms with van der Waals surface area (Å²) in [6.45, 7) is 7.53.